The van der Waals surface area contributed by atoms with Crippen molar-refractivity contribution < 1.29 is 0 Å². The minimum Gasteiger partial charge on any atom is -0.310 e. The van der Waals surface area contributed by atoms with Crippen molar-refractivity contribution in [1.29, 1.82) is 0 Å². The Morgan fingerprint density at radius 3 is 2.72 bits per heavy atom. The topological polar surface area (TPSA) is 12.0 Å². The van der Waals surface area contributed by atoms with E-state index in [-0.39, 0.29) is 0 Å². The smallest absolute Gasteiger partial charge is 0.0465 e. The predicted octanol–water partition coefficient (Wildman–Crippen LogP) is 5.05. The minimum absolute atomic E-state index is 0.649. The highest BCUT2D eigenvalue weighted by Gasteiger charge is 2.22. The van der Waals surface area contributed by atoms with Crippen LogP contribution in [-0.4, -0.2) is 6.04 Å². The van der Waals surface area contributed by atoms with Crippen LogP contribution in [-0.2, 0) is 6.54 Å². The monoisotopic (exact) mass is 285 g/mol. The Balaban J connectivity index is 1.93. The van der Waals surface area contributed by atoms with Crippen molar-refractivity contribution in [1.82, 2.24) is 5.32 Å². The zero-order valence-corrected chi connectivity index (χ0v) is 12.4. The lowest BCUT2D eigenvalue weighted by Gasteiger charge is -2.31. The molecule has 2 atom stereocenters. The molecule has 0 bridgehead atoms. The summed E-state index contributed by atoms with van der Waals surface area (Å²) in [5.74, 6) is 0.824. The Labute approximate surface area is 120 Å². The highest BCUT2D eigenvalue weighted by molar-refractivity contribution is 6.35. The van der Waals surface area contributed by atoms with Gasteiger partial charge in [-0.05, 0) is 36.5 Å². The van der Waals surface area contributed by atoms with Gasteiger partial charge in [-0.2, -0.15) is 0 Å². The number of halogens is 2. The largest absolute Gasteiger partial charge is 0.310 e. The van der Waals surface area contributed by atoms with Gasteiger partial charge in [0.25, 0.3) is 0 Å². The van der Waals surface area contributed by atoms with Gasteiger partial charge in [0.15, 0.2) is 0 Å². The summed E-state index contributed by atoms with van der Waals surface area (Å²) in [5, 5.41) is 5.14. The van der Waals surface area contributed by atoms with Crippen LogP contribution < -0.4 is 5.32 Å². The molecule has 1 saturated carbocycles. The molecule has 0 aromatic heterocycles. The van der Waals surface area contributed by atoms with Crippen molar-refractivity contribution in [3.63, 3.8) is 0 Å². The van der Waals surface area contributed by atoms with E-state index in [1.54, 1.807) is 0 Å². The summed E-state index contributed by atoms with van der Waals surface area (Å²) in [6.45, 7) is 3.14. The molecule has 1 nitrogen and oxygen atoms in total. The Bertz CT molecular complexity index is 392. The van der Waals surface area contributed by atoms with Crippen LogP contribution in [0.1, 0.15) is 44.6 Å². The zero-order chi connectivity index (χ0) is 13.0. The molecule has 0 radical (unpaired) electrons. The summed E-state index contributed by atoms with van der Waals surface area (Å²) >= 11 is 12.1. The maximum atomic E-state index is 6.19. The second kappa shape index (κ2) is 6.79. The fourth-order valence-electron chi connectivity index (χ4n) is 2.87. The number of nitrogens with one attached hydrogen (secondary N) is 1. The minimum atomic E-state index is 0.649. The van der Waals surface area contributed by atoms with Crippen LogP contribution in [0, 0.1) is 5.92 Å². The van der Waals surface area contributed by atoms with E-state index < -0.39 is 0 Å². The molecular weight excluding hydrogens is 265 g/mol. The van der Waals surface area contributed by atoms with Crippen LogP contribution in [0.2, 0.25) is 10.0 Å². The first-order chi connectivity index (χ1) is 8.70. The van der Waals surface area contributed by atoms with Crippen LogP contribution >= 0.6 is 23.2 Å². The van der Waals surface area contributed by atoms with Crippen molar-refractivity contribution in [2.75, 3.05) is 0 Å². The second-order valence-electron chi connectivity index (χ2n) is 5.18. The molecule has 2 rings (SSSR count). The third kappa shape index (κ3) is 3.63. The molecule has 0 aliphatic heterocycles. The Hall–Kier alpha value is -0.240. The average Bonchev–Trinajstić information content (AvgIpc) is 2.38. The van der Waals surface area contributed by atoms with Gasteiger partial charge in [-0.15, -0.1) is 0 Å². The van der Waals surface area contributed by atoms with Crippen LogP contribution in [0.25, 0.3) is 0 Å². The van der Waals surface area contributed by atoms with Crippen LogP contribution in [0.5, 0.6) is 0 Å². The molecule has 1 N–H and O–H groups in total. The van der Waals surface area contributed by atoms with E-state index in [0.717, 1.165) is 23.0 Å². The van der Waals surface area contributed by atoms with Gasteiger partial charge in [-0.1, -0.05) is 55.5 Å². The first-order valence-corrected chi connectivity index (χ1v) is 7.63. The first-order valence-electron chi connectivity index (χ1n) is 6.88. The number of benzene rings is 1. The van der Waals surface area contributed by atoms with E-state index in [1.807, 2.05) is 18.2 Å². The van der Waals surface area contributed by atoms with Gasteiger partial charge < -0.3 is 5.32 Å². The Kier molecular flexibility index (Phi) is 5.35. The van der Waals surface area contributed by atoms with Crippen LogP contribution in [0.3, 0.4) is 0 Å². The third-order valence-electron chi connectivity index (χ3n) is 4.00. The highest BCUT2D eigenvalue weighted by atomic mass is 35.5. The molecule has 0 saturated heterocycles. The van der Waals surface area contributed by atoms with Crippen LogP contribution in [0.15, 0.2) is 18.2 Å². The highest BCUT2D eigenvalue weighted by Crippen LogP contribution is 2.27. The van der Waals surface area contributed by atoms with Gasteiger partial charge in [0.1, 0.15) is 0 Å². The standard InChI is InChI=1S/C15H21Cl2N/c1-2-11-5-3-4-6-15(11)18-10-12-7-8-13(16)9-14(12)17/h7-9,11,15,18H,2-6,10H2,1H3. The quantitative estimate of drug-likeness (QED) is 0.816. The maximum Gasteiger partial charge on any atom is 0.0465 e. The summed E-state index contributed by atoms with van der Waals surface area (Å²) in [6.07, 6.45) is 6.67. The Morgan fingerprint density at radius 1 is 1.22 bits per heavy atom. The van der Waals surface area contributed by atoms with E-state index in [0.29, 0.717) is 11.1 Å². The number of rotatable bonds is 4. The van der Waals surface area contributed by atoms with Crippen LogP contribution in [0.4, 0.5) is 0 Å². The van der Waals surface area contributed by atoms with Gasteiger partial charge in [0, 0.05) is 22.6 Å². The number of hydrogen-bond acceptors (Lipinski definition) is 1. The van der Waals surface area contributed by atoms with Crippen molar-refractivity contribution >= 4 is 23.2 Å². The van der Waals surface area contributed by atoms with E-state index in [1.165, 1.54) is 32.1 Å². The molecule has 1 fully saturated rings. The summed E-state index contributed by atoms with van der Waals surface area (Å²) < 4.78 is 0. The molecular formula is C15H21Cl2N. The van der Waals surface area contributed by atoms with Gasteiger partial charge in [-0.3, -0.25) is 0 Å². The maximum absolute atomic E-state index is 6.19. The lowest BCUT2D eigenvalue weighted by molar-refractivity contribution is 0.254. The van der Waals surface area contributed by atoms with Gasteiger partial charge in [0.05, 0.1) is 0 Å². The zero-order valence-electron chi connectivity index (χ0n) is 10.9. The van der Waals surface area contributed by atoms with E-state index >= 15 is 0 Å². The normalized spacial score (nSPS) is 24.2. The van der Waals surface area contributed by atoms with Gasteiger partial charge in [-0.25, -0.2) is 0 Å². The van der Waals surface area contributed by atoms with Crippen molar-refractivity contribution in [3.8, 4) is 0 Å². The summed E-state index contributed by atoms with van der Waals surface area (Å²) in [6, 6.07) is 6.39. The molecule has 0 amide bonds. The fraction of sp³-hybridized carbons (Fsp3) is 0.600. The molecule has 3 heteroatoms. The lowest BCUT2D eigenvalue weighted by atomic mass is 9.83. The number of hydrogen-bond donors (Lipinski definition) is 1. The molecule has 100 valence electrons. The summed E-state index contributed by atoms with van der Waals surface area (Å²) in [7, 11) is 0. The molecule has 1 aromatic rings. The Morgan fingerprint density at radius 2 is 2.00 bits per heavy atom. The molecule has 18 heavy (non-hydrogen) atoms. The average molecular weight is 286 g/mol. The van der Waals surface area contributed by atoms with E-state index in [9.17, 15) is 0 Å². The van der Waals surface area contributed by atoms with E-state index in [4.69, 9.17) is 23.2 Å². The van der Waals surface area contributed by atoms with Gasteiger partial charge >= 0.3 is 0 Å². The predicted molar refractivity (Wildman–Crippen MR) is 79.3 cm³/mol. The second-order valence-corrected chi connectivity index (χ2v) is 6.02. The van der Waals surface area contributed by atoms with Crippen molar-refractivity contribution in [2.45, 2.75) is 51.6 Å². The van der Waals surface area contributed by atoms with E-state index in [2.05, 4.69) is 12.2 Å². The van der Waals surface area contributed by atoms with Crippen molar-refractivity contribution in [3.05, 3.63) is 33.8 Å². The molecule has 0 heterocycles. The molecule has 2 unspecified atom stereocenters. The summed E-state index contributed by atoms with van der Waals surface area (Å²) in [5.41, 5.74) is 1.14. The van der Waals surface area contributed by atoms with Crippen molar-refractivity contribution in [2.24, 2.45) is 5.92 Å². The molecule has 1 aliphatic rings. The SMILES string of the molecule is CCC1CCCCC1NCc1ccc(Cl)cc1Cl. The first kappa shape index (κ1) is 14.2. The molecule has 0 spiro atoms. The molecule has 1 aliphatic carbocycles. The lowest BCUT2D eigenvalue weighted by Crippen LogP contribution is -2.37. The fourth-order valence-corrected chi connectivity index (χ4v) is 3.35. The third-order valence-corrected chi connectivity index (χ3v) is 4.59. The molecule has 1 aromatic carbocycles. The van der Waals surface area contributed by atoms with Gasteiger partial charge in [0.2, 0.25) is 0 Å². The summed E-state index contributed by atoms with van der Waals surface area (Å²) in [4.78, 5) is 0.